The van der Waals surface area contributed by atoms with Gasteiger partial charge in [0.15, 0.2) is 0 Å². The number of methoxy groups -OCH3 is 1. The highest BCUT2D eigenvalue weighted by atomic mass is 35.5. The van der Waals surface area contributed by atoms with Crippen LogP contribution in [-0.2, 0) is 12.6 Å². The van der Waals surface area contributed by atoms with E-state index in [4.69, 9.17) is 27.9 Å². The fraction of sp³-hybridized carbons (Fsp3) is 0.286. The van der Waals surface area contributed by atoms with Gasteiger partial charge < -0.3 is 10.1 Å². The maximum Gasteiger partial charge on any atom is 0.417 e. The molecule has 1 aromatic heterocycles. The van der Waals surface area contributed by atoms with Gasteiger partial charge in [-0.3, -0.25) is 0 Å². The lowest BCUT2D eigenvalue weighted by molar-refractivity contribution is -0.137. The molecule has 9 heteroatoms. The molecule has 4 rings (SSSR count). The van der Waals surface area contributed by atoms with Crippen molar-refractivity contribution in [1.29, 1.82) is 0 Å². The monoisotopic (exact) mass is 455 g/mol. The van der Waals surface area contributed by atoms with Gasteiger partial charge in [0.2, 0.25) is 0 Å². The molecule has 3 aromatic rings. The van der Waals surface area contributed by atoms with Crippen LogP contribution >= 0.6 is 23.2 Å². The molecule has 0 saturated heterocycles. The number of nitrogens with zero attached hydrogens (tertiary/aromatic N) is 2. The van der Waals surface area contributed by atoms with Gasteiger partial charge in [0, 0.05) is 22.7 Å². The first kappa shape index (κ1) is 20.9. The van der Waals surface area contributed by atoms with Crippen molar-refractivity contribution in [3.63, 3.8) is 0 Å². The first-order chi connectivity index (χ1) is 14.3. The number of hydrogen-bond acceptors (Lipinski definition) is 3. The summed E-state index contributed by atoms with van der Waals surface area (Å²) in [7, 11) is 1.54. The summed E-state index contributed by atoms with van der Waals surface area (Å²) in [5.74, 6) is 1.28. The molecule has 4 nitrogen and oxygen atoms in total. The summed E-state index contributed by atoms with van der Waals surface area (Å²) in [5.41, 5.74) is 1.40. The third-order valence-corrected chi connectivity index (χ3v) is 5.61. The molecule has 0 radical (unpaired) electrons. The largest absolute Gasteiger partial charge is 0.494 e. The van der Waals surface area contributed by atoms with Gasteiger partial charge in [0.25, 0.3) is 0 Å². The second-order valence-electron chi connectivity index (χ2n) is 6.98. The molecule has 0 unspecified atom stereocenters. The van der Waals surface area contributed by atoms with Crippen molar-refractivity contribution < 1.29 is 17.9 Å². The second-order valence-corrected chi connectivity index (χ2v) is 7.82. The number of halogens is 5. The molecular weight excluding hydrogens is 438 g/mol. The maximum atomic E-state index is 13.4. The fourth-order valence-corrected chi connectivity index (χ4v) is 4.02. The van der Waals surface area contributed by atoms with Crippen LogP contribution in [0.25, 0.3) is 16.9 Å². The van der Waals surface area contributed by atoms with E-state index in [1.165, 1.54) is 13.2 Å². The summed E-state index contributed by atoms with van der Waals surface area (Å²) in [6.45, 7) is 0.732. The van der Waals surface area contributed by atoms with Gasteiger partial charge in [0.1, 0.15) is 17.3 Å². The molecule has 30 heavy (non-hydrogen) atoms. The minimum Gasteiger partial charge on any atom is -0.494 e. The zero-order valence-corrected chi connectivity index (χ0v) is 17.5. The summed E-state index contributed by atoms with van der Waals surface area (Å²) in [5, 5.41) is 8.20. The van der Waals surface area contributed by atoms with Crippen LogP contribution in [0.3, 0.4) is 0 Å². The summed E-state index contributed by atoms with van der Waals surface area (Å²) < 4.78 is 47.3. The number of alkyl halides is 3. The topological polar surface area (TPSA) is 39.1 Å². The van der Waals surface area contributed by atoms with E-state index in [-0.39, 0.29) is 5.02 Å². The molecule has 1 aliphatic rings. The Balaban J connectivity index is 1.95. The van der Waals surface area contributed by atoms with Crippen LogP contribution in [0.5, 0.6) is 5.75 Å². The maximum absolute atomic E-state index is 13.4. The molecule has 0 fully saturated rings. The Morgan fingerprint density at radius 2 is 1.90 bits per heavy atom. The highest BCUT2D eigenvalue weighted by Gasteiger charge is 2.34. The third-order valence-electron chi connectivity index (χ3n) is 5.04. The summed E-state index contributed by atoms with van der Waals surface area (Å²) in [4.78, 5) is 0. The zero-order chi connectivity index (χ0) is 21.5. The lowest BCUT2D eigenvalue weighted by Gasteiger charge is -2.13. The van der Waals surface area contributed by atoms with Crippen LogP contribution in [0.1, 0.15) is 24.0 Å². The minimum absolute atomic E-state index is 0.341. The lowest BCUT2D eigenvalue weighted by Crippen LogP contribution is -2.08. The molecule has 0 saturated carbocycles. The second kappa shape index (κ2) is 8.04. The number of aromatic nitrogens is 2. The van der Waals surface area contributed by atoms with E-state index in [1.54, 1.807) is 28.9 Å². The van der Waals surface area contributed by atoms with Crippen LogP contribution in [0.4, 0.5) is 19.0 Å². The molecule has 0 aliphatic carbocycles. The minimum atomic E-state index is -4.55. The SMILES string of the molecule is COc1ccc(Cl)cc1-n1nc(-c2ccc(Cl)c(C(F)(F)F)c2)c2c1NCCCC2. The quantitative estimate of drug-likeness (QED) is 0.482. The van der Waals surface area contributed by atoms with Crippen molar-refractivity contribution in [2.45, 2.75) is 25.4 Å². The Morgan fingerprint density at radius 1 is 1.10 bits per heavy atom. The van der Waals surface area contributed by atoms with Crippen molar-refractivity contribution in [3.05, 3.63) is 57.6 Å². The van der Waals surface area contributed by atoms with E-state index in [9.17, 15) is 13.2 Å². The standard InChI is InChI=1S/C21H18Cl2F3N3O/c1-30-18-8-6-13(22)11-17(18)29-20-14(4-2-3-9-27-20)19(28-29)12-5-7-16(23)15(10-12)21(24,25)26/h5-8,10-11,27H,2-4,9H2,1H3. The number of anilines is 1. The number of ether oxygens (including phenoxy) is 1. The van der Waals surface area contributed by atoms with Crippen molar-refractivity contribution in [3.8, 4) is 22.7 Å². The van der Waals surface area contributed by atoms with Gasteiger partial charge in [-0.1, -0.05) is 29.3 Å². The van der Waals surface area contributed by atoms with Crippen molar-refractivity contribution >= 4 is 29.0 Å². The summed E-state index contributed by atoms with van der Waals surface area (Å²) in [6, 6.07) is 9.02. The predicted octanol–water partition coefficient (Wildman–Crippen LogP) is 6.62. The molecule has 2 aromatic carbocycles. The zero-order valence-electron chi connectivity index (χ0n) is 16.0. The Morgan fingerprint density at radius 3 is 2.63 bits per heavy atom. The van der Waals surface area contributed by atoms with Crippen molar-refractivity contribution in [2.75, 3.05) is 19.0 Å². The van der Waals surface area contributed by atoms with Crippen LogP contribution in [0.15, 0.2) is 36.4 Å². The smallest absolute Gasteiger partial charge is 0.417 e. The van der Waals surface area contributed by atoms with Gasteiger partial charge >= 0.3 is 6.18 Å². The highest BCUT2D eigenvalue weighted by molar-refractivity contribution is 6.31. The van der Waals surface area contributed by atoms with Crippen LogP contribution < -0.4 is 10.1 Å². The average molecular weight is 456 g/mol. The Kier molecular flexibility index (Phi) is 5.59. The lowest BCUT2D eigenvalue weighted by atomic mass is 10.0. The number of rotatable bonds is 3. The van der Waals surface area contributed by atoms with Gasteiger partial charge in [-0.25, -0.2) is 4.68 Å². The Bertz CT molecular complexity index is 1100. The van der Waals surface area contributed by atoms with E-state index in [2.05, 4.69) is 10.4 Å². The van der Waals surface area contributed by atoms with Gasteiger partial charge in [-0.05, 0) is 49.6 Å². The van der Waals surface area contributed by atoms with E-state index in [0.717, 1.165) is 36.8 Å². The Hall–Kier alpha value is -2.38. The van der Waals surface area contributed by atoms with Gasteiger partial charge in [0.05, 0.1) is 23.4 Å². The Labute approximate surface area is 181 Å². The van der Waals surface area contributed by atoms with E-state index < -0.39 is 11.7 Å². The van der Waals surface area contributed by atoms with E-state index in [0.29, 0.717) is 34.1 Å². The van der Waals surface area contributed by atoms with Crippen LogP contribution in [-0.4, -0.2) is 23.4 Å². The first-order valence-electron chi connectivity index (χ1n) is 9.36. The molecule has 1 N–H and O–H groups in total. The number of hydrogen-bond donors (Lipinski definition) is 1. The predicted molar refractivity (Wildman–Crippen MR) is 112 cm³/mol. The molecule has 0 amide bonds. The number of benzene rings is 2. The summed E-state index contributed by atoms with van der Waals surface area (Å²) >= 11 is 12.0. The molecule has 1 aliphatic heterocycles. The fourth-order valence-electron chi connectivity index (χ4n) is 3.63. The third kappa shape index (κ3) is 3.84. The normalized spacial score (nSPS) is 14.1. The van der Waals surface area contributed by atoms with Crippen molar-refractivity contribution in [1.82, 2.24) is 9.78 Å². The first-order valence-corrected chi connectivity index (χ1v) is 10.1. The van der Waals surface area contributed by atoms with Crippen LogP contribution in [0, 0.1) is 0 Å². The summed E-state index contributed by atoms with van der Waals surface area (Å²) in [6.07, 6.45) is -2.04. The number of fused-ring (bicyclic) bond motifs is 1. The van der Waals surface area contributed by atoms with E-state index in [1.807, 2.05) is 0 Å². The van der Waals surface area contributed by atoms with E-state index >= 15 is 0 Å². The molecule has 2 heterocycles. The molecule has 0 bridgehead atoms. The number of nitrogens with one attached hydrogen (secondary N) is 1. The van der Waals surface area contributed by atoms with Crippen LogP contribution in [0.2, 0.25) is 10.0 Å². The van der Waals surface area contributed by atoms with Gasteiger partial charge in [-0.15, -0.1) is 0 Å². The molecule has 158 valence electrons. The highest BCUT2D eigenvalue weighted by Crippen LogP contribution is 2.40. The van der Waals surface area contributed by atoms with Gasteiger partial charge in [-0.2, -0.15) is 18.3 Å². The average Bonchev–Trinajstić information content (AvgIpc) is 2.88. The molecule has 0 atom stereocenters. The molecular formula is C21H18Cl2F3N3O. The van der Waals surface area contributed by atoms with Crippen molar-refractivity contribution in [2.24, 2.45) is 0 Å². The molecule has 0 spiro atoms.